The van der Waals surface area contributed by atoms with Crippen molar-refractivity contribution in [1.82, 2.24) is 9.80 Å². The molecule has 114 valence electrons. The number of furan rings is 1. The second kappa shape index (κ2) is 7.40. The first-order chi connectivity index (χ1) is 9.60. The van der Waals surface area contributed by atoms with Gasteiger partial charge in [0.2, 0.25) is 0 Å². The molecule has 20 heavy (non-hydrogen) atoms. The third-order valence-corrected chi connectivity index (χ3v) is 5.89. The zero-order valence-electron chi connectivity index (χ0n) is 12.1. The lowest BCUT2D eigenvalue weighted by Gasteiger charge is -2.28. The van der Waals surface area contributed by atoms with Crippen LogP contribution in [-0.4, -0.2) is 48.6 Å². The summed E-state index contributed by atoms with van der Waals surface area (Å²) in [6.45, 7) is 9.41. The fourth-order valence-electron chi connectivity index (χ4n) is 3.06. The Morgan fingerprint density at radius 1 is 1.45 bits per heavy atom. The first-order valence-electron chi connectivity index (χ1n) is 7.23. The molecular weight excluding hydrogens is 386 g/mol. The van der Waals surface area contributed by atoms with Gasteiger partial charge in [0.05, 0.1) is 10.5 Å². The van der Waals surface area contributed by atoms with Crippen LogP contribution in [-0.2, 0) is 0 Å². The molecule has 2 heterocycles. The van der Waals surface area contributed by atoms with Crippen molar-refractivity contribution in [2.24, 2.45) is 5.73 Å². The number of hydrogen-bond donors (Lipinski definition) is 1. The summed E-state index contributed by atoms with van der Waals surface area (Å²) in [5.41, 5.74) is 5.98. The van der Waals surface area contributed by atoms with Crippen LogP contribution in [0.1, 0.15) is 32.1 Å². The predicted molar refractivity (Wildman–Crippen MR) is 88.8 cm³/mol. The molecule has 0 aliphatic carbocycles. The SMILES string of the molecule is CCN(CC)C1CCN(C(CN)c2cc(Br)c(Br)o2)C1. The molecule has 4 nitrogen and oxygen atoms in total. The highest BCUT2D eigenvalue weighted by atomic mass is 79.9. The Kier molecular flexibility index (Phi) is 6.10. The van der Waals surface area contributed by atoms with E-state index in [1.54, 1.807) is 0 Å². The molecule has 1 aromatic heterocycles. The summed E-state index contributed by atoms with van der Waals surface area (Å²) in [7, 11) is 0. The van der Waals surface area contributed by atoms with E-state index >= 15 is 0 Å². The van der Waals surface area contributed by atoms with Crippen LogP contribution in [0.2, 0.25) is 0 Å². The number of hydrogen-bond acceptors (Lipinski definition) is 4. The fourth-order valence-corrected chi connectivity index (χ4v) is 3.67. The molecule has 0 bridgehead atoms. The van der Waals surface area contributed by atoms with Crippen LogP contribution in [0, 0.1) is 0 Å². The van der Waals surface area contributed by atoms with Crippen LogP contribution in [0.4, 0.5) is 0 Å². The fraction of sp³-hybridized carbons (Fsp3) is 0.714. The summed E-state index contributed by atoms with van der Waals surface area (Å²) < 4.78 is 7.45. The predicted octanol–water partition coefficient (Wildman–Crippen LogP) is 3.22. The lowest BCUT2D eigenvalue weighted by atomic mass is 10.2. The molecule has 0 amide bonds. The number of rotatable bonds is 6. The molecule has 0 radical (unpaired) electrons. The van der Waals surface area contributed by atoms with Gasteiger partial charge in [0.1, 0.15) is 5.76 Å². The molecule has 1 fully saturated rings. The van der Waals surface area contributed by atoms with Crippen LogP contribution in [0.5, 0.6) is 0 Å². The zero-order valence-corrected chi connectivity index (χ0v) is 15.3. The van der Waals surface area contributed by atoms with Gasteiger partial charge in [-0.2, -0.15) is 0 Å². The van der Waals surface area contributed by atoms with Crippen molar-refractivity contribution in [2.75, 3.05) is 32.7 Å². The van der Waals surface area contributed by atoms with Crippen LogP contribution in [0.3, 0.4) is 0 Å². The number of nitrogens with two attached hydrogens (primary N) is 1. The topological polar surface area (TPSA) is 45.6 Å². The van der Waals surface area contributed by atoms with E-state index in [-0.39, 0.29) is 6.04 Å². The third kappa shape index (κ3) is 3.47. The summed E-state index contributed by atoms with van der Waals surface area (Å²) in [6, 6.07) is 2.82. The maximum absolute atomic E-state index is 5.98. The maximum atomic E-state index is 5.98. The quantitative estimate of drug-likeness (QED) is 0.784. The summed E-state index contributed by atoms with van der Waals surface area (Å²) in [5.74, 6) is 0.937. The van der Waals surface area contributed by atoms with Crippen molar-refractivity contribution >= 4 is 31.9 Å². The largest absolute Gasteiger partial charge is 0.451 e. The van der Waals surface area contributed by atoms with Crippen molar-refractivity contribution in [3.05, 3.63) is 21.0 Å². The van der Waals surface area contributed by atoms with E-state index in [0.717, 1.165) is 41.1 Å². The summed E-state index contributed by atoms with van der Waals surface area (Å²) >= 11 is 6.87. The van der Waals surface area contributed by atoms with Gasteiger partial charge in [-0.15, -0.1) is 0 Å². The van der Waals surface area contributed by atoms with Gasteiger partial charge >= 0.3 is 0 Å². The Balaban J connectivity index is 2.06. The smallest absolute Gasteiger partial charge is 0.183 e. The number of likely N-dealkylation sites (N-methyl/N-ethyl adjacent to an activating group) is 1. The van der Waals surface area contributed by atoms with E-state index in [2.05, 4.69) is 55.5 Å². The molecule has 0 saturated carbocycles. The van der Waals surface area contributed by atoms with Crippen LogP contribution in [0.25, 0.3) is 0 Å². The van der Waals surface area contributed by atoms with Gasteiger partial charge in [-0.3, -0.25) is 9.80 Å². The normalized spacial score (nSPS) is 21.8. The van der Waals surface area contributed by atoms with Gasteiger partial charge in [0.25, 0.3) is 0 Å². The monoisotopic (exact) mass is 407 g/mol. The molecule has 1 aliphatic heterocycles. The minimum Gasteiger partial charge on any atom is -0.451 e. The molecule has 0 aromatic carbocycles. The van der Waals surface area contributed by atoms with Crippen molar-refractivity contribution in [3.8, 4) is 0 Å². The molecule has 0 spiro atoms. The van der Waals surface area contributed by atoms with E-state index in [4.69, 9.17) is 10.2 Å². The van der Waals surface area contributed by atoms with Gasteiger partial charge in [0.15, 0.2) is 4.67 Å². The molecule has 6 heteroatoms. The summed E-state index contributed by atoms with van der Waals surface area (Å²) in [4.78, 5) is 4.97. The minimum absolute atomic E-state index is 0.165. The van der Waals surface area contributed by atoms with Gasteiger partial charge in [-0.1, -0.05) is 13.8 Å². The van der Waals surface area contributed by atoms with Crippen molar-refractivity contribution in [1.29, 1.82) is 0 Å². The van der Waals surface area contributed by atoms with E-state index in [1.807, 2.05) is 6.07 Å². The van der Waals surface area contributed by atoms with Crippen molar-refractivity contribution in [3.63, 3.8) is 0 Å². The van der Waals surface area contributed by atoms with E-state index < -0.39 is 0 Å². The van der Waals surface area contributed by atoms with Crippen LogP contribution >= 0.6 is 31.9 Å². The lowest BCUT2D eigenvalue weighted by molar-refractivity contribution is 0.177. The molecule has 2 atom stereocenters. The highest BCUT2D eigenvalue weighted by molar-refractivity contribution is 9.13. The summed E-state index contributed by atoms with van der Waals surface area (Å²) in [6.07, 6.45) is 1.21. The number of likely N-dealkylation sites (tertiary alicyclic amines) is 1. The first-order valence-corrected chi connectivity index (χ1v) is 8.82. The average Bonchev–Trinajstić information content (AvgIpc) is 3.01. The van der Waals surface area contributed by atoms with Gasteiger partial charge in [0, 0.05) is 25.7 Å². The zero-order chi connectivity index (χ0) is 14.7. The molecule has 2 N–H and O–H groups in total. The standard InChI is InChI=1S/C14H23Br2N3O/c1-3-18(4-2)10-5-6-19(9-10)12(8-17)13-7-11(15)14(16)20-13/h7,10,12H,3-6,8-9,17H2,1-2H3. The molecule has 2 rings (SSSR count). The third-order valence-electron chi connectivity index (χ3n) is 4.18. The average molecular weight is 409 g/mol. The highest BCUT2D eigenvalue weighted by Gasteiger charge is 2.32. The second-order valence-corrected chi connectivity index (χ2v) is 6.76. The van der Waals surface area contributed by atoms with Crippen LogP contribution in [0.15, 0.2) is 19.6 Å². The Morgan fingerprint density at radius 2 is 2.15 bits per heavy atom. The Bertz CT molecular complexity index is 415. The number of halogens is 2. The Morgan fingerprint density at radius 3 is 2.65 bits per heavy atom. The van der Waals surface area contributed by atoms with Gasteiger partial charge < -0.3 is 10.2 Å². The molecule has 2 unspecified atom stereocenters. The first kappa shape index (κ1) is 16.5. The molecule has 1 aromatic rings. The van der Waals surface area contributed by atoms with Gasteiger partial charge in [-0.05, 0) is 57.4 Å². The van der Waals surface area contributed by atoms with E-state index in [1.165, 1.54) is 6.42 Å². The van der Waals surface area contributed by atoms with Gasteiger partial charge in [-0.25, -0.2) is 0 Å². The number of nitrogens with zero attached hydrogens (tertiary/aromatic N) is 2. The van der Waals surface area contributed by atoms with E-state index in [0.29, 0.717) is 12.6 Å². The Hall–Kier alpha value is 0.120. The summed E-state index contributed by atoms with van der Waals surface area (Å²) in [5, 5.41) is 0. The Labute approximate surface area is 137 Å². The lowest BCUT2D eigenvalue weighted by Crippen LogP contribution is -2.39. The van der Waals surface area contributed by atoms with Crippen molar-refractivity contribution < 1.29 is 4.42 Å². The van der Waals surface area contributed by atoms with Crippen molar-refractivity contribution in [2.45, 2.75) is 32.4 Å². The second-order valence-electron chi connectivity index (χ2n) is 5.18. The maximum Gasteiger partial charge on any atom is 0.183 e. The molecule has 1 saturated heterocycles. The molecular formula is C14H23Br2N3O. The minimum atomic E-state index is 0.165. The van der Waals surface area contributed by atoms with E-state index in [9.17, 15) is 0 Å². The highest BCUT2D eigenvalue weighted by Crippen LogP contribution is 2.33. The molecule has 1 aliphatic rings. The van der Waals surface area contributed by atoms with Crippen LogP contribution < -0.4 is 5.73 Å².